The standard InChI is InChI=1S/C61H94O17Si/c1-15-19-20-21-25-28-55(66)75-57-46(34-56(67)68-12)33-48(36-52(63)43(6)72-41-71-40-45-26-23-22-24-27-45)77-61(57,70-14)58(8,9)30-29-47-31-42(5)32-51(74-47)39-60(69-13)59(10,11)53(73-44(7)62)37-49(76-60)35-50(38-54(64)65)78-79(16-2,17-3)18-4/h20-30,34,43,47-53,57,63H,5,15-19,31-33,35-41H2,1-4,6-14H3,(H,64,65)/b21-20+,28-25+,30-29+,46-34+/t43-,47+,48+,49-,50-,51+,52-,53+,57+,60+,61-/m1/s1. The van der Waals surface area contributed by atoms with Crippen LogP contribution in [0.15, 0.2) is 90.6 Å². The number of hydrogen-bond acceptors (Lipinski definition) is 16. The van der Waals surface area contributed by atoms with E-state index in [9.17, 15) is 29.4 Å². The van der Waals surface area contributed by atoms with Crippen LogP contribution in [0.1, 0.15) is 139 Å². The van der Waals surface area contributed by atoms with E-state index in [1.165, 1.54) is 33.3 Å². The highest BCUT2D eigenvalue weighted by Gasteiger charge is 2.61. The van der Waals surface area contributed by atoms with Crippen molar-refractivity contribution in [2.24, 2.45) is 10.8 Å². The van der Waals surface area contributed by atoms with Crippen molar-refractivity contribution in [3.8, 4) is 0 Å². The summed E-state index contributed by atoms with van der Waals surface area (Å²) in [5.74, 6) is -6.04. The van der Waals surface area contributed by atoms with Gasteiger partial charge >= 0.3 is 23.9 Å². The van der Waals surface area contributed by atoms with E-state index in [0.717, 1.165) is 42.1 Å². The van der Waals surface area contributed by atoms with Crippen molar-refractivity contribution < 1.29 is 81.2 Å². The highest BCUT2D eigenvalue weighted by molar-refractivity contribution is 6.73. The van der Waals surface area contributed by atoms with E-state index in [1.807, 2.05) is 76.3 Å². The van der Waals surface area contributed by atoms with Gasteiger partial charge in [-0.25, -0.2) is 9.59 Å². The van der Waals surface area contributed by atoms with Crippen molar-refractivity contribution in [1.82, 2.24) is 0 Å². The number of methoxy groups -OCH3 is 3. The Kier molecular flexibility index (Phi) is 26.5. The number of aliphatic carboxylic acids is 1. The summed E-state index contributed by atoms with van der Waals surface area (Å²) in [5.41, 5.74) is 0.109. The van der Waals surface area contributed by atoms with Gasteiger partial charge < -0.3 is 62.0 Å². The number of benzene rings is 1. The van der Waals surface area contributed by atoms with E-state index in [-0.39, 0.29) is 38.9 Å². The van der Waals surface area contributed by atoms with Crippen molar-refractivity contribution in [1.29, 1.82) is 0 Å². The third-order valence-corrected chi connectivity index (χ3v) is 20.8. The molecule has 3 heterocycles. The van der Waals surface area contributed by atoms with Gasteiger partial charge in [0.1, 0.15) is 12.9 Å². The lowest BCUT2D eigenvalue weighted by Crippen LogP contribution is -2.63. The van der Waals surface area contributed by atoms with Crippen LogP contribution in [0.4, 0.5) is 0 Å². The zero-order valence-electron chi connectivity index (χ0n) is 49.5. The van der Waals surface area contributed by atoms with Crippen LogP contribution in [0.5, 0.6) is 0 Å². The second-order valence-corrected chi connectivity index (χ2v) is 27.1. The lowest BCUT2D eigenvalue weighted by Gasteiger charge is -2.55. The topological polar surface area (TPSA) is 210 Å². The molecule has 0 unspecified atom stereocenters. The first-order valence-electron chi connectivity index (χ1n) is 28.2. The molecule has 1 aromatic rings. The van der Waals surface area contributed by atoms with Crippen molar-refractivity contribution in [3.63, 3.8) is 0 Å². The van der Waals surface area contributed by atoms with Gasteiger partial charge in [-0.15, -0.1) is 0 Å². The smallest absolute Gasteiger partial charge is 0.331 e. The fourth-order valence-electron chi connectivity index (χ4n) is 11.1. The molecule has 0 amide bonds. The number of unbranched alkanes of at least 4 members (excludes halogenated alkanes) is 1. The number of carbonyl (C=O) groups is 4. The average Bonchev–Trinajstić information content (AvgIpc) is 3.54. The minimum absolute atomic E-state index is 0.0319. The fourth-order valence-corrected chi connectivity index (χ4v) is 14.0. The van der Waals surface area contributed by atoms with E-state index < -0.39 is 110 Å². The molecule has 3 fully saturated rings. The van der Waals surface area contributed by atoms with Gasteiger partial charge in [0.2, 0.25) is 5.79 Å². The fraction of sp³-hybridized carbons (Fsp3) is 0.672. The number of rotatable bonds is 31. The van der Waals surface area contributed by atoms with Crippen LogP contribution in [0.3, 0.4) is 0 Å². The molecular weight excluding hydrogens is 1030 g/mol. The Morgan fingerprint density at radius 1 is 0.899 bits per heavy atom. The first-order chi connectivity index (χ1) is 37.4. The molecule has 1 aromatic carbocycles. The number of hydrogen-bond donors (Lipinski definition) is 2. The Bertz CT molecular complexity index is 2230. The second kappa shape index (κ2) is 31.2. The molecule has 0 bridgehead atoms. The first-order valence-corrected chi connectivity index (χ1v) is 30.7. The number of carbonyl (C=O) groups excluding carboxylic acids is 3. The van der Waals surface area contributed by atoms with E-state index in [4.69, 9.17) is 51.8 Å². The van der Waals surface area contributed by atoms with Crippen LogP contribution in [-0.4, -0.2) is 137 Å². The summed E-state index contributed by atoms with van der Waals surface area (Å²) in [4.78, 5) is 51.9. The lowest BCUT2D eigenvalue weighted by atomic mass is 9.70. The van der Waals surface area contributed by atoms with Gasteiger partial charge in [0.25, 0.3) is 0 Å². The predicted octanol–water partition coefficient (Wildman–Crippen LogP) is 10.8. The first kappa shape index (κ1) is 67.2. The molecule has 17 nitrogen and oxygen atoms in total. The monoisotopic (exact) mass is 1130 g/mol. The van der Waals surface area contributed by atoms with Crippen LogP contribution in [0, 0.1) is 10.8 Å². The molecule has 18 heteroatoms. The molecule has 3 aliphatic heterocycles. The Morgan fingerprint density at radius 3 is 2.20 bits per heavy atom. The summed E-state index contributed by atoms with van der Waals surface area (Å²) < 4.78 is 69.7. The van der Waals surface area contributed by atoms with E-state index in [2.05, 4.69) is 34.3 Å². The van der Waals surface area contributed by atoms with Crippen molar-refractivity contribution in [2.45, 2.75) is 225 Å². The second-order valence-electron chi connectivity index (χ2n) is 22.4. The Balaban J connectivity index is 1.70. The van der Waals surface area contributed by atoms with E-state index in [1.54, 1.807) is 26.2 Å². The predicted molar refractivity (Wildman–Crippen MR) is 302 cm³/mol. The SMILES string of the molecule is C=C1C[C@@H](C[C@]2(OC)O[C@H](C[C@H](CC(=O)O)O[Si](CC)(CC)CC)C[C@H](OC(C)=O)C2(C)C)O[C@@H](/C=C/C(C)(C)[C@]2(OC)O[C@H](C[C@@H](O)[C@@H](C)OCOCc3ccccc3)C/C(=C\C(=O)OC)[C@@H]2OC(=O)/C=C/C=C/CCC)C1. The minimum atomic E-state index is -2.25. The summed E-state index contributed by atoms with van der Waals surface area (Å²) in [6.07, 6.45) is 8.08. The lowest BCUT2D eigenvalue weighted by molar-refractivity contribution is -0.358. The zero-order chi connectivity index (χ0) is 58.6. The summed E-state index contributed by atoms with van der Waals surface area (Å²) >= 11 is 0. The van der Waals surface area contributed by atoms with Crippen molar-refractivity contribution >= 4 is 32.2 Å². The van der Waals surface area contributed by atoms with Gasteiger partial charge in [0, 0.05) is 58.0 Å². The maximum Gasteiger partial charge on any atom is 0.331 e. The number of allylic oxidation sites excluding steroid dienone is 3. The Hall–Kier alpha value is -4.34. The van der Waals surface area contributed by atoms with Crippen LogP contribution in [-0.2, 0) is 77.6 Å². The molecule has 0 saturated carbocycles. The van der Waals surface area contributed by atoms with E-state index >= 15 is 0 Å². The summed E-state index contributed by atoms with van der Waals surface area (Å²) in [6, 6.07) is 12.2. The zero-order valence-corrected chi connectivity index (χ0v) is 50.5. The molecule has 0 radical (unpaired) electrons. The van der Waals surface area contributed by atoms with Crippen LogP contribution in [0.2, 0.25) is 18.1 Å². The minimum Gasteiger partial charge on any atom is -0.481 e. The summed E-state index contributed by atoms with van der Waals surface area (Å²) in [5, 5.41) is 21.7. The van der Waals surface area contributed by atoms with Gasteiger partial charge in [0.15, 0.2) is 20.2 Å². The number of carboxylic acids is 1. The molecule has 11 atom stereocenters. The maximum atomic E-state index is 13.8. The molecule has 444 valence electrons. The molecule has 3 aliphatic rings. The third kappa shape index (κ3) is 18.6. The molecule has 0 spiro atoms. The summed E-state index contributed by atoms with van der Waals surface area (Å²) in [6.45, 7) is 23.7. The molecule has 2 N–H and O–H groups in total. The Labute approximate surface area is 471 Å². The van der Waals surface area contributed by atoms with Gasteiger partial charge in [-0.05, 0) is 68.3 Å². The molecule has 0 aliphatic carbocycles. The average molecular weight is 1130 g/mol. The molecular formula is C61H94O17Si. The number of esters is 3. The number of carboxylic acid groups (broad SMARTS) is 1. The van der Waals surface area contributed by atoms with Gasteiger partial charge in [-0.3, -0.25) is 9.59 Å². The quantitative estimate of drug-likeness (QED) is 0.0103. The molecule has 79 heavy (non-hydrogen) atoms. The number of ether oxygens (including phenoxy) is 10. The van der Waals surface area contributed by atoms with Gasteiger partial charge in [0.05, 0.1) is 68.3 Å². The highest BCUT2D eigenvalue weighted by Crippen LogP contribution is 2.52. The normalized spacial score (nSPS) is 27.5. The van der Waals surface area contributed by atoms with Crippen molar-refractivity contribution in [2.75, 3.05) is 28.1 Å². The van der Waals surface area contributed by atoms with Crippen LogP contribution >= 0.6 is 0 Å². The van der Waals surface area contributed by atoms with E-state index in [0.29, 0.717) is 31.4 Å². The molecule has 3 saturated heterocycles. The largest absolute Gasteiger partial charge is 0.481 e. The molecule has 4 rings (SSSR count). The number of aliphatic hydroxyl groups is 1. The maximum absolute atomic E-state index is 13.8. The van der Waals surface area contributed by atoms with Crippen LogP contribution < -0.4 is 0 Å². The Morgan fingerprint density at radius 2 is 1.59 bits per heavy atom. The third-order valence-electron chi connectivity index (χ3n) is 16.1. The number of aliphatic hydroxyl groups excluding tert-OH is 1. The molecule has 0 aromatic heterocycles. The van der Waals surface area contributed by atoms with Gasteiger partial charge in [-0.2, -0.15) is 0 Å². The van der Waals surface area contributed by atoms with Gasteiger partial charge in [-0.1, -0.05) is 135 Å². The summed E-state index contributed by atoms with van der Waals surface area (Å²) in [7, 11) is 2.00. The van der Waals surface area contributed by atoms with Crippen molar-refractivity contribution in [3.05, 3.63) is 96.2 Å². The van der Waals surface area contributed by atoms with Crippen LogP contribution in [0.25, 0.3) is 0 Å². The highest BCUT2D eigenvalue weighted by atomic mass is 28.4.